The van der Waals surface area contributed by atoms with Crippen LogP contribution in [0.2, 0.25) is 0 Å². The van der Waals surface area contributed by atoms with E-state index in [-0.39, 0.29) is 42.9 Å². The number of aliphatic hydroxyl groups excluding tert-OH is 1. The Morgan fingerprint density at radius 2 is 1.33 bits per heavy atom. The lowest BCUT2D eigenvalue weighted by atomic mass is 9.87. The summed E-state index contributed by atoms with van der Waals surface area (Å²) in [5.41, 5.74) is 6.32. The highest BCUT2D eigenvalue weighted by molar-refractivity contribution is 9.10. The molecule has 524 valence electrons. The summed E-state index contributed by atoms with van der Waals surface area (Å²) < 4.78 is 79.5. The van der Waals surface area contributed by atoms with Gasteiger partial charge in [0.2, 0.25) is 29.3 Å². The Hall–Kier alpha value is -7.58. The van der Waals surface area contributed by atoms with Gasteiger partial charge in [0.25, 0.3) is 17.7 Å². The Bertz CT molecular complexity index is 3490. The lowest BCUT2D eigenvalue weighted by Gasteiger charge is -2.41. The number of amides is 6. The van der Waals surface area contributed by atoms with Crippen molar-refractivity contribution in [2.75, 3.05) is 66.2 Å². The maximum Gasteiger partial charge on any atom is 0.321 e. The largest absolute Gasteiger partial charge is 0.480 e. The molecule has 0 aliphatic carbocycles. The molecule has 1 spiro atoms. The molecule has 96 heavy (non-hydrogen) atoms. The average Bonchev–Trinajstić information content (AvgIpc) is 0.820. The number of hydrogen-bond acceptors (Lipinski definition) is 18. The lowest BCUT2D eigenvalue weighted by molar-refractivity contribution is -0.305. The van der Waals surface area contributed by atoms with Crippen LogP contribution in [0.4, 0.5) is 17.6 Å². The van der Waals surface area contributed by atoms with Gasteiger partial charge in [-0.1, -0.05) is 92.2 Å². The highest BCUT2D eigenvalue weighted by atomic mass is 79.9. The number of carbonyl (C=O) groups is 8. The van der Waals surface area contributed by atoms with E-state index in [1.165, 1.54) is 23.0 Å². The Morgan fingerprint density at radius 1 is 0.750 bits per heavy atom. The number of rotatable bonds is 14. The number of aliphatic hydroxyl groups is 1. The minimum absolute atomic E-state index is 0.229. The predicted molar refractivity (Wildman–Crippen MR) is 346 cm³/mol. The van der Waals surface area contributed by atoms with Gasteiger partial charge in [-0.25, -0.2) is 28.4 Å². The Morgan fingerprint density at radius 3 is 1.94 bits per heavy atom. The van der Waals surface area contributed by atoms with Crippen LogP contribution in [0.1, 0.15) is 110 Å². The van der Waals surface area contributed by atoms with Gasteiger partial charge in [0.1, 0.15) is 67.8 Å². The van der Waals surface area contributed by atoms with Crippen LogP contribution in [0.3, 0.4) is 0 Å². The molecule has 4 aromatic rings. The number of hydrogen-bond donors (Lipinski definition) is 8. The first-order valence-corrected chi connectivity index (χ1v) is 32.4. The van der Waals surface area contributed by atoms with E-state index in [0.29, 0.717) is 55.5 Å². The SMILES string of the molecule is C=CC1(C(=O)O)COC(CF)(CF)OC1.CC(C)[C@@H]1OC(=O)C2(/C=C/c3ccc4ccc(nc4c3)[C@@H](C)NC(=O)[C@@H]3CCCN(N3)C(=O)[C@H](C)NC1=O)COC(CF)(CF)OC2.CC(C)[C@H](O)C(=O)N[C@@H](C)C(=O)N1CCC[C@@H](C(=O)N[C@H](C)c2ccc3ccc(Br)cc3n2)N1. The molecule has 0 unspecified atom stereocenters. The van der Waals surface area contributed by atoms with Crippen molar-refractivity contribution in [3.8, 4) is 0 Å². The number of pyridine rings is 2. The van der Waals surface area contributed by atoms with Gasteiger partial charge in [-0.05, 0) is 101 Å². The molecular formula is C66H85BrF4N10O15. The molecule has 8 atom stereocenters. The Balaban J connectivity index is 0.000000230. The van der Waals surface area contributed by atoms with Gasteiger partial charge in [0, 0.05) is 28.3 Å². The normalized spacial score (nSPS) is 23.9. The van der Waals surface area contributed by atoms with Crippen molar-refractivity contribution >= 4 is 91.2 Å². The predicted octanol–water partition coefficient (Wildman–Crippen LogP) is 5.79. The third-order valence-corrected chi connectivity index (χ3v) is 17.5. The van der Waals surface area contributed by atoms with Gasteiger partial charge in [-0.15, -0.1) is 6.58 Å². The number of aliphatic carboxylic acids is 1. The van der Waals surface area contributed by atoms with Crippen molar-refractivity contribution in [3.63, 3.8) is 0 Å². The van der Waals surface area contributed by atoms with Crippen molar-refractivity contribution in [1.82, 2.24) is 52.1 Å². The Kier molecular flexibility index (Phi) is 26.1. The Labute approximate surface area is 561 Å². The summed E-state index contributed by atoms with van der Waals surface area (Å²) in [7, 11) is 0. The molecule has 9 rings (SSSR count). The first-order chi connectivity index (χ1) is 45.5. The van der Waals surface area contributed by atoms with Crippen molar-refractivity contribution in [3.05, 3.63) is 101 Å². The average molecular weight is 1410 g/mol. The van der Waals surface area contributed by atoms with E-state index < -0.39 is 140 Å². The molecule has 0 saturated carbocycles. The molecule has 7 heterocycles. The number of carboxylic acid groups (broad SMARTS) is 1. The van der Waals surface area contributed by atoms with Gasteiger partial charge in [-0.3, -0.25) is 58.3 Å². The van der Waals surface area contributed by atoms with Crippen LogP contribution in [0.25, 0.3) is 27.9 Å². The number of aromatic nitrogens is 2. The summed E-state index contributed by atoms with van der Waals surface area (Å²) in [4.78, 5) is 112. The number of carbonyl (C=O) groups excluding carboxylic acids is 7. The molecule has 25 nitrogen and oxygen atoms in total. The monoisotopic (exact) mass is 1410 g/mol. The van der Waals surface area contributed by atoms with Gasteiger partial charge >= 0.3 is 11.9 Å². The second-order valence-electron chi connectivity index (χ2n) is 25.2. The van der Waals surface area contributed by atoms with Crippen LogP contribution in [0.5, 0.6) is 0 Å². The molecule has 2 aromatic heterocycles. The number of nitrogens with zero attached hydrogens (tertiary/aromatic N) is 4. The standard InChI is InChI=1S/C33H41F2N5O7.C24H32BrN5O4.C9H12F2O4/c1-19(2)27-29(42)37-21(4)30(43)40-13-5-6-25(39-40)28(41)36-20(3)24-10-9-23-8-7-22(14-26(23)38-24)11-12-32(31(44)47-27)17-45-33(15-34,16-35)46-18-32;1-13(2)21(31)23(33)27-15(4)24(34)30-11-5-6-19(29-30)22(32)26-14(3)18-10-8-16-7-9-17(25)12-20(16)28-18;1-2-8(7(12)13)5-14-9(3-10,4-11)15-6-8/h7-12,14,19-21,25,27,39H,5-6,13,15-18H2,1-4H3,(H,36,41)(H,37,42);7-10,12-15,19,21,29,31H,5-6,11H2,1-4H3,(H,26,32)(H,27,33);2H,1,3-6H2,(H,12,13)/b12-11+;;/t20-,21+,25+,27+;14-,15+,19+,21+;/m11./s1. The summed E-state index contributed by atoms with van der Waals surface area (Å²) in [6, 6.07) is 15.0. The molecule has 4 fully saturated rings. The zero-order valence-corrected chi connectivity index (χ0v) is 56.4. The minimum atomic E-state index is -2.15. The van der Waals surface area contributed by atoms with Gasteiger partial charge in [0.15, 0.2) is 6.10 Å². The number of halogens is 5. The third-order valence-electron chi connectivity index (χ3n) is 17.0. The molecule has 5 aliphatic heterocycles. The summed E-state index contributed by atoms with van der Waals surface area (Å²) in [5.74, 6) is -9.64. The molecular weight excluding hydrogens is 1330 g/mol. The lowest BCUT2D eigenvalue weighted by Crippen LogP contribution is -2.61. The fraction of sp³-hybridized carbons (Fsp3) is 0.545. The van der Waals surface area contributed by atoms with Gasteiger partial charge in [-0.2, -0.15) is 0 Å². The molecule has 4 saturated heterocycles. The van der Waals surface area contributed by atoms with E-state index in [9.17, 15) is 61.0 Å². The van der Waals surface area contributed by atoms with Crippen LogP contribution >= 0.6 is 15.9 Å². The summed E-state index contributed by atoms with van der Waals surface area (Å²) >= 11 is 3.45. The van der Waals surface area contributed by atoms with Crippen LogP contribution in [0, 0.1) is 22.7 Å². The number of esters is 1. The first-order valence-electron chi connectivity index (χ1n) is 31.6. The molecule has 8 N–H and O–H groups in total. The highest BCUT2D eigenvalue weighted by Gasteiger charge is 2.51. The summed E-state index contributed by atoms with van der Waals surface area (Å²) in [5, 5.41) is 34.4. The van der Waals surface area contributed by atoms with Gasteiger partial charge < -0.3 is 55.2 Å². The second-order valence-corrected chi connectivity index (χ2v) is 26.2. The number of fused-ring (bicyclic) bond motifs is 5. The highest BCUT2D eigenvalue weighted by Crippen LogP contribution is 2.36. The van der Waals surface area contributed by atoms with E-state index in [4.69, 9.17) is 33.8 Å². The summed E-state index contributed by atoms with van der Waals surface area (Å²) in [6.07, 6.45) is 4.01. The van der Waals surface area contributed by atoms with E-state index in [0.717, 1.165) is 32.5 Å². The quantitative estimate of drug-likeness (QED) is 0.0420. The zero-order valence-electron chi connectivity index (χ0n) is 54.8. The number of hydrazine groups is 2. The van der Waals surface area contributed by atoms with Crippen molar-refractivity contribution < 1.29 is 89.8 Å². The topological polar surface area (TPSA) is 328 Å². The number of benzene rings is 2. The zero-order chi connectivity index (χ0) is 70.5. The number of carboxylic acids is 1. The fourth-order valence-electron chi connectivity index (χ4n) is 10.6. The fourth-order valence-corrected chi connectivity index (χ4v) is 10.9. The van der Waals surface area contributed by atoms with Crippen LogP contribution in [0.15, 0.2) is 83.9 Å². The van der Waals surface area contributed by atoms with Crippen molar-refractivity contribution in [1.29, 1.82) is 0 Å². The molecule has 0 radical (unpaired) electrons. The molecule has 5 bridgehead atoms. The molecule has 5 aliphatic rings. The van der Waals surface area contributed by atoms with Gasteiger partial charge in [0.05, 0.1) is 60.9 Å². The summed E-state index contributed by atoms with van der Waals surface area (Å²) in [6.45, 7) is 11.1. The second kappa shape index (κ2) is 33.1. The number of ether oxygens (including phenoxy) is 5. The van der Waals surface area contributed by atoms with Crippen molar-refractivity contribution in [2.45, 2.75) is 141 Å². The smallest absolute Gasteiger partial charge is 0.321 e. The maximum absolute atomic E-state index is 13.9. The van der Waals surface area contributed by atoms with Crippen molar-refractivity contribution in [2.24, 2.45) is 22.7 Å². The van der Waals surface area contributed by atoms with E-state index in [1.807, 2.05) is 62.4 Å². The minimum Gasteiger partial charge on any atom is -0.480 e. The first kappa shape index (κ1) is 75.8. The number of alkyl halides is 4. The molecule has 30 heteroatoms. The van der Waals surface area contributed by atoms with E-state index in [1.54, 1.807) is 52.8 Å². The molecule has 2 aromatic carbocycles. The number of nitrogens with one attached hydrogen (secondary N) is 6. The van der Waals surface area contributed by atoms with Crippen LogP contribution in [-0.4, -0.2) is 192 Å². The number of cyclic esters (lactones) is 1. The van der Waals surface area contributed by atoms with Crippen LogP contribution in [-0.2, 0) is 62.0 Å². The molecule has 6 amide bonds. The van der Waals surface area contributed by atoms with E-state index in [2.05, 4.69) is 59.6 Å². The third kappa shape index (κ3) is 18.3. The maximum atomic E-state index is 13.9. The van der Waals surface area contributed by atoms with E-state index >= 15 is 0 Å². The van der Waals surface area contributed by atoms with Crippen LogP contribution < -0.4 is 32.1 Å².